The van der Waals surface area contributed by atoms with Gasteiger partial charge in [-0.1, -0.05) is 0 Å². The van der Waals surface area contributed by atoms with Crippen molar-refractivity contribution in [3.8, 4) is 0 Å². The summed E-state index contributed by atoms with van der Waals surface area (Å²) in [5.41, 5.74) is 3.62. The third-order valence-corrected chi connectivity index (χ3v) is 0.761. The third-order valence-electron chi connectivity index (χ3n) is 0.761. The Balaban J connectivity index is 2.50. The van der Waals surface area contributed by atoms with Crippen LogP contribution in [0.15, 0.2) is 0 Å². The average Bonchev–Trinajstić information content (AvgIpc) is 2.19. The van der Waals surface area contributed by atoms with Crippen molar-refractivity contribution in [2.45, 2.75) is 6.42 Å². The van der Waals surface area contributed by atoms with E-state index in [-0.39, 0.29) is 0 Å². The molecule has 44 valence electrons. The largest absolute Gasteiger partial charge is 0.357 e. The minimum atomic E-state index is 0.681. The number of rotatable bonds is 2. The van der Waals surface area contributed by atoms with Gasteiger partial charge in [0.15, 0.2) is 0 Å². The summed E-state index contributed by atoms with van der Waals surface area (Å²) in [6, 6.07) is 0. The lowest BCUT2D eigenvalue weighted by Crippen LogP contribution is -2.51. The van der Waals surface area contributed by atoms with E-state index < -0.39 is 0 Å². The van der Waals surface area contributed by atoms with Crippen LogP contribution in [0.1, 0.15) is 5.82 Å². The Kier molecular flexibility index (Phi) is 1.53. The number of tetrazole rings is 1. The van der Waals surface area contributed by atoms with Gasteiger partial charge in [0.05, 0.1) is 6.54 Å². The predicted molar refractivity (Wildman–Crippen MR) is 24.6 cm³/mol. The fraction of sp³-hybridized carbons (Fsp3) is 0.667. The molecule has 0 fully saturated rings. The lowest BCUT2D eigenvalue weighted by atomic mass is 10.4. The summed E-state index contributed by atoms with van der Waals surface area (Å²) < 4.78 is 0. The second-order valence-electron chi connectivity index (χ2n) is 1.40. The van der Waals surface area contributed by atoms with Gasteiger partial charge in [-0.2, -0.15) is 5.21 Å². The fourth-order valence-electron chi connectivity index (χ4n) is 0.421. The van der Waals surface area contributed by atoms with E-state index in [0.717, 1.165) is 13.0 Å². The minimum absolute atomic E-state index is 0.681. The molecule has 3 N–H and O–H groups in total. The molecule has 0 aliphatic carbocycles. The first kappa shape index (κ1) is 5.17. The summed E-state index contributed by atoms with van der Waals surface area (Å²) in [6.45, 7) is 0.799. The van der Waals surface area contributed by atoms with Gasteiger partial charge in [-0.25, -0.2) is 0 Å². The second kappa shape index (κ2) is 2.37. The molecule has 0 aliphatic rings. The highest BCUT2D eigenvalue weighted by atomic mass is 15.5. The lowest BCUT2D eigenvalue weighted by Gasteiger charge is -1.88. The van der Waals surface area contributed by atoms with Gasteiger partial charge in [-0.05, 0) is 0 Å². The van der Waals surface area contributed by atoms with Crippen LogP contribution in [0.3, 0.4) is 0 Å². The third kappa shape index (κ3) is 1.00. The van der Waals surface area contributed by atoms with Crippen LogP contribution in [-0.2, 0) is 6.42 Å². The number of hydrogen-bond donors (Lipinski definition) is 1. The number of nitrogens with zero attached hydrogens (tertiary/aromatic N) is 4. The van der Waals surface area contributed by atoms with Crippen LogP contribution in [0.2, 0.25) is 0 Å². The van der Waals surface area contributed by atoms with Crippen molar-refractivity contribution < 1.29 is 5.73 Å². The lowest BCUT2D eigenvalue weighted by molar-refractivity contribution is -0.366. The van der Waals surface area contributed by atoms with Gasteiger partial charge < -0.3 is 10.8 Å². The van der Waals surface area contributed by atoms with Crippen LogP contribution in [0.25, 0.3) is 0 Å². The highest BCUT2D eigenvalue weighted by Gasteiger charge is 1.83. The molecule has 0 bridgehead atoms. The molecule has 1 rings (SSSR count). The standard InChI is InChI=1S/C3H6N5/c4-2-1-3-5-7-8-6-3/h1-2,4H2/q-1/p+1. The molecule has 0 amide bonds. The van der Waals surface area contributed by atoms with Crippen molar-refractivity contribution in [3.05, 3.63) is 5.82 Å². The van der Waals surface area contributed by atoms with Gasteiger partial charge in [0, 0.05) is 12.2 Å². The van der Waals surface area contributed by atoms with Gasteiger partial charge in [0.2, 0.25) is 0 Å². The highest BCUT2D eigenvalue weighted by molar-refractivity contribution is 4.73. The highest BCUT2D eigenvalue weighted by Crippen LogP contribution is 1.77. The summed E-state index contributed by atoms with van der Waals surface area (Å²) in [7, 11) is 0. The first-order valence-corrected chi connectivity index (χ1v) is 2.40. The molecule has 5 heteroatoms. The first-order chi connectivity index (χ1) is 3.93. The second-order valence-corrected chi connectivity index (χ2v) is 1.40. The quantitative estimate of drug-likeness (QED) is 0.464. The zero-order chi connectivity index (χ0) is 5.82. The SMILES string of the molecule is [NH3+]CCc1nnn[n-]1. The van der Waals surface area contributed by atoms with Crippen LogP contribution in [-0.4, -0.2) is 22.1 Å². The molecular weight excluding hydrogens is 106 g/mol. The van der Waals surface area contributed by atoms with E-state index in [0.29, 0.717) is 5.82 Å². The Labute approximate surface area is 46.3 Å². The van der Waals surface area contributed by atoms with Crippen LogP contribution in [0.5, 0.6) is 0 Å². The molecule has 0 aliphatic heterocycles. The van der Waals surface area contributed by atoms with Gasteiger partial charge in [-0.3, -0.25) is 10.3 Å². The first-order valence-electron chi connectivity index (χ1n) is 2.40. The predicted octanol–water partition coefficient (Wildman–Crippen LogP) is -2.39. The van der Waals surface area contributed by atoms with Crippen molar-refractivity contribution in [3.63, 3.8) is 0 Å². The Morgan fingerprint density at radius 3 is 3.00 bits per heavy atom. The van der Waals surface area contributed by atoms with Crippen molar-refractivity contribution in [2.24, 2.45) is 0 Å². The topological polar surface area (TPSA) is 80.4 Å². The summed E-state index contributed by atoms with van der Waals surface area (Å²) in [4.78, 5) is 0. The van der Waals surface area contributed by atoms with E-state index in [1.54, 1.807) is 0 Å². The van der Waals surface area contributed by atoms with Crippen molar-refractivity contribution in [1.82, 2.24) is 20.6 Å². The normalized spacial score (nSPS) is 9.62. The van der Waals surface area contributed by atoms with Crippen LogP contribution in [0.4, 0.5) is 0 Å². The summed E-state index contributed by atoms with van der Waals surface area (Å²) in [5.74, 6) is 0.681. The summed E-state index contributed by atoms with van der Waals surface area (Å²) in [6.07, 6.45) is 0.771. The number of quaternary nitrogens is 1. The molecule has 0 spiro atoms. The zero-order valence-electron chi connectivity index (χ0n) is 4.41. The smallest absolute Gasteiger partial charge is 0.0785 e. The van der Waals surface area contributed by atoms with Crippen molar-refractivity contribution in [2.75, 3.05) is 6.54 Å². The summed E-state index contributed by atoms with van der Waals surface area (Å²) in [5, 5.41) is 13.8. The number of hydrogen-bond acceptors (Lipinski definition) is 3. The molecule has 5 nitrogen and oxygen atoms in total. The van der Waals surface area contributed by atoms with Crippen LogP contribution < -0.4 is 10.8 Å². The maximum Gasteiger partial charge on any atom is 0.0785 e. The Bertz CT molecular complexity index is 133. The van der Waals surface area contributed by atoms with Gasteiger partial charge >= 0.3 is 0 Å². The fourth-order valence-corrected chi connectivity index (χ4v) is 0.421. The minimum Gasteiger partial charge on any atom is -0.357 e. The van der Waals surface area contributed by atoms with Gasteiger partial charge in [0.25, 0.3) is 0 Å². The molecule has 8 heavy (non-hydrogen) atoms. The van der Waals surface area contributed by atoms with E-state index in [4.69, 9.17) is 0 Å². The van der Waals surface area contributed by atoms with E-state index >= 15 is 0 Å². The molecule has 0 saturated carbocycles. The van der Waals surface area contributed by atoms with E-state index in [9.17, 15) is 0 Å². The summed E-state index contributed by atoms with van der Waals surface area (Å²) >= 11 is 0. The van der Waals surface area contributed by atoms with Crippen LogP contribution in [0, 0.1) is 0 Å². The maximum atomic E-state index is 3.62. The van der Waals surface area contributed by atoms with E-state index in [1.165, 1.54) is 0 Å². The molecular formula is C3H7N5. The number of aromatic nitrogens is 4. The monoisotopic (exact) mass is 113 g/mol. The Morgan fingerprint density at radius 2 is 2.50 bits per heavy atom. The zero-order valence-corrected chi connectivity index (χ0v) is 4.41. The van der Waals surface area contributed by atoms with Gasteiger partial charge in [-0.15, -0.1) is 0 Å². The molecule has 0 saturated heterocycles. The average molecular weight is 113 g/mol. The molecule has 1 heterocycles. The Hall–Kier alpha value is -0.970. The molecule has 1 aromatic heterocycles. The van der Waals surface area contributed by atoms with E-state index in [1.807, 2.05) is 0 Å². The molecule has 0 atom stereocenters. The maximum absolute atomic E-state index is 3.62. The van der Waals surface area contributed by atoms with E-state index in [2.05, 4.69) is 26.4 Å². The molecule has 0 unspecified atom stereocenters. The Morgan fingerprint density at radius 1 is 1.62 bits per heavy atom. The van der Waals surface area contributed by atoms with Crippen molar-refractivity contribution >= 4 is 0 Å². The molecule has 0 aromatic carbocycles. The molecule has 1 aromatic rings. The van der Waals surface area contributed by atoms with Gasteiger partial charge in [0.1, 0.15) is 0 Å². The van der Waals surface area contributed by atoms with Crippen molar-refractivity contribution in [1.29, 1.82) is 0 Å². The molecule has 0 radical (unpaired) electrons. The van der Waals surface area contributed by atoms with Crippen LogP contribution >= 0.6 is 0 Å².